The molecule has 11 heavy (non-hydrogen) atoms. The number of hydrogen-bond acceptors (Lipinski definition) is 5. The third kappa shape index (κ3) is 12.9. The van der Waals surface area contributed by atoms with Crippen molar-refractivity contribution in [1.82, 2.24) is 11.5 Å². The molecule has 0 heterocycles. The topological polar surface area (TPSA) is 127 Å². The molecule has 7 N–H and O–H groups in total. The summed E-state index contributed by atoms with van der Waals surface area (Å²) >= 11 is 0. The summed E-state index contributed by atoms with van der Waals surface area (Å²) in [5.74, 6) is -0.257. The summed E-state index contributed by atoms with van der Waals surface area (Å²) in [5, 5.41) is 2.73. The lowest BCUT2D eigenvalue weighted by molar-refractivity contribution is 0.480. The van der Waals surface area contributed by atoms with Crippen molar-refractivity contribution in [3.63, 3.8) is 0 Å². The zero-order chi connectivity index (χ0) is 8.04. The Balaban J connectivity index is 0. The van der Waals surface area contributed by atoms with Gasteiger partial charge in [0.1, 0.15) is 0 Å². The molecule has 0 saturated carbocycles. The van der Waals surface area contributed by atoms with Crippen LogP contribution in [0.4, 0.5) is 0 Å². The van der Waals surface area contributed by atoms with Gasteiger partial charge in [0.25, 0.3) is 10.1 Å². The predicted molar refractivity (Wildman–Crippen MR) is 43.4 cm³/mol. The molecule has 0 aromatic carbocycles. The molecule has 0 spiro atoms. The molecule has 0 aromatic rings. The highest BCUT2D eigenvalue weighted by molar-refractivity contribution is 7.85. The van der Waals surface area contributed by atoms with Crippen LogP contribution in [-0.2, 0) is 10.1 Å². The van der Waals surface area contributed by atoms with Crippen LogP contribution in [0.5, 0.6) is 0 Å². The molecule has 0 unspecified atom stereocenters. The van der Waals surface area contributed by atoms with Crippen molar-refractivity contribution in [2.75, 3.05) is 25.4 Å². The molecule has 0 saturated heterocycles. The van der Waals surface area contributed by atoms with Gasteiger partial charge in [0.05, 0.1) is 5.75 Å². The van der Waals surface area contributed by atoms with Crippen LogP contribution in [0, 0.1) is 0 Å². The van der Waals surface area contributed by atoms with Gasteiger partial charge < -0.3 is 17.2 Å². The van der Waals surface area contributed by atoms with Crippen LogP contribution < -0.4 is 17.2 Å². The molecular weight excluding hydrogens is 170 g/mol. The Hall–Kier alpha value is -0.210. The summed E-state index contributed by atoms with van der Waals surface area (Å²) < 4.78 is 28.4. The number of hydrogen-bond donors (Lipinski definition) is 4. The lowest BCUT2D eigenvalue weighted by Crippen LogP contribution is -2.27. The van der Waals surface area contributed by atoms with Gasteiger partial charge in [0.15, 0.2) is 0 Å². The average Bonchev–Trinajstić information content (AvgIpc) is 1.78. The zero-order valence-electron chi connectivity index (χ0n) is 6.28. The van der Waals surface area contributed by atoms with Crippen LogP contribution in [0.1, 0.15) is 0 Å². The van der Waals surface area contributed by atoms with E-state index in [1.54, 1.807) is 0 Å². The molecule has 6 nitrogen and oxygen atoms in total. The quantitative estimate of drug-likeness (QED) is 0.307. The average molecular weight is 185 g/mol. The molecule has 7 heteroatoms. The van der Waals surface area contributed by atoms with Crippen LogP contribution in [-0.4, -0.2) is 38.4 Å². The number of nitrogens with two attached hydrogens (primary N) is 1. The molecule has 0 aliphatic rings. The molecule has 0 aliphatic heterocycles. The van der Waals surface area contributed by atoms with E-state index < -0.39 is 10.1 Å². The minimum Gasteiger partial charge on any atom is -0.344 e. The Kier molecular flexibility index (Phi) is 7.91. The molecule has 70 valence electrons. The summed E-state index contributed by atoms with van der Waals surface area (Å²) in [5.41, 5.74) is 5.10. The van der Waals surface area contributed by atoms with Gasteiger partial charge in [0, 0.05) is 19.6 Å². The van der Waals surface area contributed by atoms with Crippen molar-refractivity contribution in [1.29, 1.82) is 0 Å². The van der Waals surface area contributed by atoms with Gasteiger partial charge in [-0.25, -0.2) is 0 Å². The maximum Gasteiger partial charge on any atom is 0.266 e. The second-order valence-corrected chi connectivity index (χ2v) is 3.40. The molecule has 0 aliphatic carbocycles. The van der Waals surface area contributed by atoms with E-state index in [2.05, 4.69) is 5.32 Å². The Morgan fingerprint density at radius 1 is 1.36 bits per heavy atom. The van der Waals surface area contributed by atoms with Crippen molar-refractivity contribution in [2.45, 2.75) is 0 Å². The second kappa shape index (κ2) is 6.50. The first-order valence-corrected chi connectivity index (χ1v) is 4.53. The Morgan fingerprint density at radius 2 is 1.91 bits per heavy atom. The first-order chi connectivity index (χ1) is 4.56. The van der Waals surface area contributed by atoms with Crippen molar-refractivity contribution in [3.8, 4) is 0 Å². The van der Waals surface area contributed by atoms with Gasteiger partial charge in [-0.05, 0) is 0 Å². The highest BCUT2D eigenvalue weighted by Gasteiger charge is 2.01. The van der Waals surface area contributed by atoms with E-state index in [1.807, 2.05) is 0 Å². The Bertz CT molecular complexity index is 167. The first-order valence-electron chi connectivity index (χ1n) is 2.92. The van der Waals surface area contributed by atoms with E-state index in [4.69, 9.17) is 10.3 Å². The van der Waals surface area contributed by atoms with Crippen LogP contribution in [0.3, 0.4) is 0 Å². The molecule has 0 amide bonds. The molecule has 0 aromatic heterocycles. The third-order valence-electron chi connectivity index (χ3n) is 0.858. The van der Waals surface area contributed by atoms with Gasteiger partial charge in [-0.3, -0.25) is 4.55 Å². The highest BCUT2D eigenvalue weighted by Crippen LogP contribution is 1.77. The Morgan fingerprint density at radius 3 is 2.27 bits per heavy atom. The van der Waals surface area contributed by atoms with E-state index >= 15 is 0 Å². The fraction of sp³-hybridized carbons (Fsp3) is 1.00. The second-order valence-electron chi connectivity index (χ2n) is 1.82. The molecule has 0 bridgehead atoms. The van der Waals surface area contributed by atoms with E-state index in [0.29, 0.717) is 13.1 Å². The summed E-state index contributed by atoms with van der Waals surface area (Å²) in [6.07, 6.45) is 0. The van der Waals surface area contributed by atoms with Crippen molar-refractivity contribution in [2.24, 2.45) is 5.73 Å². The summed E-state index contributed by atoms with van der Waals surface area (Å²) in [6, 6.07) is 0. The summed E-state index contributed by atoms with van der Waals surface area (Å²) in [7, 11) is -3.81. The Labute approximate surface area is 66.5 Å². The van der Waals surface area contributed by atoms with Crippen LogP contribution in [0.2, 0.25) is 0 Å². The van der Waals surface area contributed by atoms with Gasteiger partial charge >= 0.3 is 0 Å². The van der Waals surface area contributed by atoms with Crippen LogP contribution >= 0.6 is 0 Å². The normalized spacial score (nSPS) is 10.7. The minimum absolute atomic E-state index is 0. The van der Waals surface area contributed by atoms with Gasteiger partial charge in [-0.2, -0.15) is 8.42 Å². The van der Waals surface area contributed by atoms with Gasteiger partial charge in [-0.1, -0.05) is 0 Å². The zero-order valence-corrected chi connectivity index (χ0v) is 7.10. The van der Waals surface area contributed by atoms with E-state index in [9.17, 15) is 8.42 Å². The minimum atomic E-state index is -3.81. The number of rotatable bonds is 5. The third-order valence-corrected chi connectivity index (χ3v) is 1.58. The lowest BCUT2D eigenvalue weighted by atomic mass is 10.6. The first kappa shape index (κ1) is 13.4. The van der Waals surface area contributed by atoms with Crippen molar-refractivity contribution in [3.05, 3.63) is 0 Å². The fourth-order valence-corrected chi connectivity index (χ4v) is 0.830. The molecule has 0 rings (SSSR count). The van der Waals surface area contributed by atoms with Crippen LogP contribution in [0.25, 0.3) is 0 Å². The maximum absolute atomic E-state index is 10.1. The van der Waals surface area contributed by atoms with Crippen molar-refractivity contribution < 1.29 is 13.0 Å². The molecule has 0 radical (unpaired) electrons. The lowest BCUT2D eigenvalue weighted by Gasteiger charge is -1.98. The van der Waals surface area contributed by atoms with E-state index in [0.717, 1.165) is 0 Å². The molecule has 0 fully saturated rings. The SMILES string of the molecule is N.NCCNCCS(=O)(=O)O. The van der Waals surface area contributed by atoms with Gasteiger partial charge in [-0.15, -0.1) is 0 Å². The monoisotopic (exact) mass is 185 g/mol. The standard InChI is InChI=1S/C4H12N2O3S.H3N/c5-1-2-6-3-4-10(7,8)9;/h6H,1-5H2,(H,7,8,9);1H3. The highest BCUT2D eigenvalue weighted by atomic mass is 32.2. The molecule has 0 atom stereocenters. The number of nitrogens with one attached hydrogen (secondary N) is 1. The van der Waals surface area contributed by atoms with E-state index in [-0.39, 0.29) is 18.4 Å². The summed E-state index contributed by atoms with van der Waals surface area (Å²) in [4.78, 5) is 0. The van der Waals surface area contributed by atoms with Gasteiger partial charge in [0.2, 0.25) is 0 Å². The van der Waals surface area contributed by atoms with Crippen LogP contribution in [0.15, 0.2) is 0 Å². The predicted octanol–water partition coefficient (Wildman–Crippen LogP) is -1.42. The van der Waals surface area contributed by atoms with E-state index in [1.165, 1.54) is 0 Å². The smallest absolute Gasteiger partial charge is 0.266 e. The largest absolute Gasteiger partial charge is 0.344 e. The molecular formula is C4H15N3O3S. The fourth-order valence-electron chi connectivity index (χ4n) is 0.428. The van der Waals surface area contributed by atoms with Crippen molar-refractivity contribution >= 4 is 10.1 Å². The maximum atomic E-state index is 10.1. The summed E-state index contributed by atoms with van der Waals surface area (Å²) in [6.45, 7) is 1.27.